The third kappa shape index (κ3) is 4.88. The van der Waals surface area contributed by atoms with Crippen LogP contribution in [0.5, 0.6) is 0 Å². The van der Waals surface area contributed by atoms with Crippen LogP contribution in [-0.2, 0) is 10.0 Å². The average molecular weight is 357 g/mol. The van der Waals surface area contributed by atoms with E-state index in [9.17, 15) is 18.5 Å². The number of nitro benzene ring substituents is 1. The minimum Gasteiger partial charge on any atom is -0.384 e. The van der Waals surface area contributed by atoms with Gasteiger partial charge in [-0.2, -0.15) is 0 Å². The maximum absolute atomic E-state index is 12.0. The SMILES string of the molecule is O=[N+]([O-])c1ccc(NCCNS(=O)(=O)c2ccc(Cl)nc2)cc1. The van der Waals surface area contributed by atoms with Gasteiger partial charge in [-0.1, -0.05) is 11.6 Å². The summed E-state index contributed by atoms with van der Waals surface area (Å²) in [5.74, 6) is 0. The Hall–Kier alpha value is -2.23. The molecular formula is C13H13ClN4O4S. The van der Waals surface area contributed by atoms with Crippen LogP contribution in [0.3, 0.4) is 0 Å². The van der Waals surface area contributed by atoms with E-state index in [1.165, 1.54) is 30.5 Å². The van der Waals surface area contributed by atoms with Gasteiger partial charge in [0.05, 0.1) is 4.92 Å². The van der Waals surface area contributed by atoms with Crippen molar-refractivity contribution >= 4 is 33.0 Å². The van der Waals surface area contributed by atoms with E-state index in [0.29, 0.717) is 12.2 Å². The van der Waals surface area contributed by atoms with Gasteiger partial charge in [-0.3, -0.25) is 10.1 Å². The van der Waals surface area contributed by atoms with Crippen molar-refractivity contribution < 1.29 is 13.3 Å². The molecule has 0 radical (unpaired) electrons. The molecule has 1 heterocycles. The van der Waals surface area contributed by atoms with Gasteiger partial charge in [0.25, 0.3) is 5.69 Å². The van der Waals surface area contributed by atoms with Gasteiger partial charge in [0.15, 0.2) is 0 Å². The fourth-order valence-corrected chi connectivity index (χ4v) is 2.79. The molecule has 0 aliphatic heterocycles. The molecule has 2 rings (SSSR count). The molecule has 0 saturated heterocycles. The number of halogens is 1. The molecule has 0 aliphatic rings. The zero-order valence-corrected chi connectivity index (χ0v) is 13.3. The van der Waals surface area contributed by atoms with E-state index in [0.717, 1.165) is 0 Å². The number of aromatic nitrogens is 1. The highest BCUT2D eigenvalue weighted by atomic mass is 35.5. The first-order valence-electron chi connectivity index (χ1n) is 6.48. The van der Waals surface area contributed by atoms with Gasteiger partial charge in [0.1, 0.15) is 10.0 Å². The zero-order chi connectivity index (χ0) is 16.9. The lowest BCUT2D eigenvalue weighted by atomic mass is 10.3. The van der Waals surface area contributed by atoms with Crippen molar-refractivity contribution in [2.45, 2.75) is 4.90 Å². The van der Waals surface area contributed by atoms with Crippen molar-refractivity contribution in [3.05, 3.63) is 57.9 Å². The van der Waals surface area contributed by atoms with Gasteiger partial charge in [-0.05, 0) is 24.3 Å². The van der Waals surface area contributed by atoms with Crippen molar-refractivity contribution in [3.8, 4) is 0 Å². The number of hydrogen-bond acceptors (Lipinski definition) is 6. The van der Waals surface area contributed by atoms with E-state index in [-0.39, 0.29) is 22.3 Å². The Balaban J connectivity index is 1.84. The van der Waals surface area contributed by atoms with Crippen molar-refractivity contribution in [1.29, 1.82) is 0 Å². The molecule has 23 heavy (non-hydrogen) atoms. The quantitative estimate of drug-likeness (QED) is 0.339. The molecule has 8 nitrogen and oxygen atoms in total. The molecule has 10 heteroatoms. The standard InChI is InChI=1S/C13H13ClN4O4S/c14-13-6-5-12(9-16-13)23(21,22)17-8-7-15-10-1-3-11(4-2-10)18(19)20/h1-6,9,15,17H,7-8H2. The van der Waals surface area contributed by atoms with E-state index in [1.54, 1.807) is 12.1 Å². The van der Waals surface area contributed by atoms with Gasteiger partial charge in [-0.15, -0.1) is 0 Å². The van der Waals surface area contributed by atoms with Crippen molar-refractivity contribution in [2.24, 2.45) is 0 Å². The Labute approximate surface area is 137 Å². The molecule has 0 spiro atoms. The molecular weight excluding hydrogens is 344 g/mol. The van der Waals surface area contributed by atoms with Crippen LogP contribution in [0.4, 0.5) is 11.4 Å². The number of rotatable bonds is 7. The van der Waals surface area contributed by atoms with Crippen LogP contribution in [0, 0.1) is 10.1 Å². The smallest absolute Gasteiger partial charge is 0.269 e. The summed E-state index contributed by atoms with van der Waals surface area (Å²) < 4.78 is 26.4. The van der Waals surface area contributed by atoms with E-state index in [1.807, 2.05) is 0 Å². The molecule has 0 saturated carbocycles. The first-order valence-corrected chi connectivity index (χ1v) is 8.34. The Morgan fingerprint density at radius 1 is 1.13 bits per heavy atom. The van der Waals surface area contributed by atoms with Crippen molar-refractivity contribution in [1.82, 2.24) is 9.71 Å². The van der Waals surface area contributed by atoms with Crippen LogP contribution in [0.25, 0.3) is 0 Å². The highest BCUT2D eigenvalue weighted by Crippen LogP contribution is 2.15. The molecule has 2 N–H and O–H groups in total. The fourth-order valence-electron chi connectivity index (χ4n) is 1.70. The second-order valence-electron chi connectivity index (χ2n) is 4.45. The lowest BCUT2D eigenvalue weighted by molar-refractivity contribution is -0.384. The van der Waals surface area contributed by atoms with E-state index < -0.39 is 14.9 Å². The number of anilines is 1. The lowest BCUT2D eigenvalue weighted by Crippen LogP contribution is -2.29. The Kier molecular flexibility index (Phi) is 5.48. The van der Waals surface area contributed by atoms with Crippen molar-refractivity contribution in [2.75, 3.05) is 18.4 Å². The fraction of sp³-hybridized carbons (Fsp3) is 0.154. The van der Waals surface area contributed by atoms with Gasteiger partial charge < -0.3 is 5.32 Å². The van der Waals surface area contributed by atoms with Gasteiger partial charge in [-0.25, -0.2) is 18.1 Å². The summed E-state index contributed by atoms with van der Waals surface area (Å²) in [6.07, 6.45) is 1.18. The van der Waals surface area contributed by atoms with E-state index >= 15 is 0 Å². The van der Waals surface area contributed by atoms with Gasteiger partial charge in [0.2, 0.25) is 10.0 Å². The van der Waals surface area contributed by atoms with Crippen LogP contribution in [0.2, 0.25) is 5.15 Å². The Morgan fingerprint density at radius 3 is 2.39 bits per heavy atom. The number of pyridine rings is 1. The summed E-state index contributed by atoms with van der Waals surface area (Å²) in [4.78, 5) is 13.8. The van der Waals surface area contributed by atoms with Crippen LogP contribution < -0.4 is 10.0 Å². The van der Waals surface area contributed by atoms with Crippen LogP contribution >= 0.6 is 11.6 Å². The molecule has 1 aromatic heterocycles. The number of nitrogens with one attached hydrogen (secondary N) is 2. The highest BCUT2D eigenvalue weighted by Gasteiger charge is 2.13. The third-order valence-corrected chi connectivity index (χ3v) is 4.50. The van der Waals surface area contributed by atoms with Crippen LogP contribution in [0.1, 0.15) is 0 Å². The average Bonchev–Trinajstić information content (AvgIpc) is 2.52. The summed E-state index contributed by atoms with van der Waals surface area (Å²) in [6, 6.07) is 8.59. The second-order valence-corrected chi connectivity index (χ2v) is 6.60. The molecule has 2 aromatic rings. The minimum atomic E-state index is -3.65. The van der Waals surface area contributed by atoms with E-state index in [4.69, 9.17) is 11.6 Å². The van der Waals surface area contributed by atoms with E-state index in [2.05, 4.69) is 15.0 Å². The molecule has 0 atom stereocenters. The van der Waals surface area contributed by atoms with Crippen LogP contribution in [0.15, 0.2) is 47.5 Å². The molecule has 122 valence electrons. The molecule has 1 aromatic carbocycles. The summed E-state index contributed by atoms with van der Waals surface area (Å²) in [7, 11) is -3.65. The Bertz CT molecular complexity index is 779. The number of hydrogen-bond donors (Lipinski definition) is 2. The first kappa shape index (κ1) is 17.1. The number of non-ortho nitro benzene ring substituents is 1. The van der Waals surface area contributed by atoms with Gasteiger partial charge >= 0.3 is 0 Å². The minimum absolute atomic E-state index is 0.00788. The molecule has 0 unspecified atom stereocenters. The lowest BCUT2D eigenvalue weighted by Gasteiger charge is -2.08. The maximum atomic E-state index is 12.0. The predicted molar refractivity (Wildman–Crippen MR) is 86.0 cm³/mol. The second kappa shape index (κ2) is 7.36. The monoisotopic (exact) mass is 356 g/mol. The summed E-state index contributed by atoms with van der Waals surface area (Å²) >= 11 is 5.61. The summed E-state index contributed by atoms with van der Waals surface area (Å²) in [5.41, 5.74) is 0.648. The molecule has 0 bridgehead atoms. The normalized spacial score (nSPS) is 11.2. The largest absolute Gasteiger partial charge is 0.384 e. The molecule has 0 fully saturated rings. The van der Waals surface area contributed by atoms with Crippen LogP contribution in [-0.4, -0.2) is 31.4 Å². The number of sulfonamides is 1. The zero-order valence-electron chi connectivity index (χ0n) is 11.8. The van der Waals surface area contributed by atoms with Gasteiger partial charge in [0, 0.05) is 37.1 Å². The number of nitro groups is 1. The topological polar surface area (TPSA) is 114 Å². The van der Waals surface area contributed by atoms with Crippen molar-refractivity contribution in [3.63, 3.8) is 0 Å². The Morgan fingerprint density at radius 2 is 1.83 bits per heavy atom. The third-order valence-electron chi connectivity index (χ3n) is 2.83. The summed E-state index contributed by atoms with van der Waals surface area (Å²) in [6.45, 7) is 0.458. The maximum Gasteiger partial charge on any atom is 0.269 e. The molecule has 0 amide bonds. The number of nitrogens with zero attached hydrogens (tertiary/aromatic N) is 2. The first-order chi connectivity index (χ1) is 10.9. The predicted octanol–water partition coefficient (Wildman–Crippen LogP) is 2.03. The number of benzene rings is 1. The highest BCUT2D eigenvalue weighted by molar-refractivity contribution is 7.89. The summed E-state index contributed by atoms with van der Waals surface area (Å²) in [5, 5.41) is 13.7. The molecule has 0 aliphatic carbocycles.